The Labute approximate surface area is 165 Å². The van der Waals surface area contributed by atoms with Gasteiger partial charge in [-0.05, 0) is 30.3 Å². The molecule has 0 aliphatic carbocycles. The highest BCUT2D eigenvalue weighted by Gasteiger charge is 2.16. The van der Waals surface area contributed by atoms with E-state index in [9.17, 15) is 14.9 Å². The number of carbonyl (C=O) groups is 1. The minimum Gasteiger partial charge on any atom is -0.497 e. The third kappa shape index (κ3) is 4.32. The maximum Gasteiger partial charge on any atom is 0.292 e. The minimum atomic E-state index is -0.525. The van der Waals surface area contributed by atoms with Crippen molar-refractivity contribution < 1.29 is 14.5 Å². The molecule has 28 heavy (non-hydrogen) atoms. The molecular weight excluding hydrogens is 380 g/mol. The molecule has 1 amide bonds. The van der Waals surface area contributed by atoms with Crippen LogP contribution in [0.1, 0.15) is 0 Å². The number of hydrogen-bond donors (Lipinski definition) is 1. The fourth-order valence-electron chi connectivity index (χ4n) is 2.61. The van der Waals surface area contributed by atoms with E-state index in [1.165, 1.54) is 23.9 Å². The number of amides is 1. The first-order valence-electron chi connectivity index (χ1n) is 8.32. The van der Waals surface area contributed by atoms with E-state index < -0.39 is 4.92 Å². The average molecular weight is 398 g/mol. The van der Waals surface area contributed by atoms with Crippen LogP contribution >= 0.6 is 11.8 Å². The second-order valence-corrected chi connectivity index (χ2v) is 6.77. The number of benzene rings is 2. The van der Waals surface area contributed by atoms with Crippen molar-refractivity contribution in [1.82, 2.24) is 9.55 Å². The van der Waals surface area contributed by atoms with Gasteiger partial charge in [0.15, 0.2) is 5.16 Å². The van der Waals surface area contributed by atoms with E-state index >= 15 is 0 Å². The highest BCUT2D eigenvalue weighted by molar-refractivity contribution is 7.99. The van der Waals surface area contributed by atoms with Gasteiger partial charge in [0.2, 0.25) is 5.91 Å². The summed E-state index contributed by atoms with van der Waals surface area (Å²) in [4.78, 5) is 27.1. The SMILES string of the molecule is COc1ccc(-c2cnc(SCC(=O)Nc3ccccc3[N+](=O)[O-])n2C)cc1. The Morgan fingerprint density at radius 2 is 1.96 bits per heavy atom. The number of nitro benzene ring substituents is 1. The van der Waals surface area contributed by atoms with Crippen molar-refractivity contribution in [3.63, 3.8) is 0 Å². The Morgan fingerprint density at radius 3 is 2.64 bits per heavy atom. The van der Waals surface area contributed by atoms with Gasteiger partial charge in [0.1, 0.15) is 11.4 Å². The van der Waals surface area contributed by atoms with Crippen molar-refractivity contribution in [2.24, 2.45) is 7.05 Å². The van der Waals surface area contributed by atoms with E-state index in [2.05, 4.69) is 10.3 Å². The zero-order valence-corrected chi connectivity index (χ0v) is 16.1. The van der Waals surface area contributed by atoms with Crippen LogP contribution in [0.5, 0.6) is 5.75 Å². The fraction of sp³-hybridized carbons (Fsp3) is 0.158. The van der Waals surface area contributed by atoms with Gasteiger partial charge in [-0.2, -0.15) is 0 Å². The lowest BCUT2D eigenvalue weighted by Gasteiger charge is -2.08. The van der Waals surface area contributed by atoms with Crippen molar-refractivity contribution in [3.05, 3.63) is 64.8 Å². The first kappa shape index (κ1) is 19.4. The van der Waals surface area contributed by atoms with Gasteiger partial charge < -0.3 is 14.6 Å². The number of para-hydroxylation sites is 2. The number of imidazole rings is 1. The summed E-state index contributed by atoms with van der Waals surface area (Å²) in [5.74, 6) is 0.513. The summed E-state index contributed by atoms with van der Waals surface area (Å²) in [5.41, 5.74) is 1.92. The van der Waals surface area contributed by atoms with Gasteiger partial charge >= 0.3 is 0 Å². The molecule has 0 saturated heterocycles. The molecule has 144 valence electrons. The van der Waals surface area contributed by atoms with Gasteiger partial charge in [0.25, 0.3) is 5.69 Å². The van der Waals surface area contributed by atoms with Gasteiger partial charge in [-0.25, -0.2) is 4.98 Å². The summed E-state index contributed by atoms with van der Waals surface area (Å²) in [6.07, 6.45) is 1.74. The van der Waals surface area contributed by atoms with Gasteiger partial charge in [-0.15, -0.1) is 0 Å². The Bertz CT molecular complexity index is 1000. The molecule has 0 fully saturated rings. The third-order valence-corrected chi connectivity index (χ3v) is 5.08. The number of nitro groups is 1. The molecule has 1 N–H and O–H groups in total. The molecule has 3 rings (SSSR count). The number of aromatic nitrogens is 2. The molecule has 3 aromatic rings. The monoisotopic (exact) mass is 398 g/mol. The Morgan fingerprint density at radius 1 is 1.25 bits per heavy atom. The number of anilines is 1. The van der Waals surface area contributed by atoms with Crippen LogP contribution in [-0.2, 0) is 11.8 Å². The van der Waals surface area contributed by atoms with Crippen molar-refractivity contribution in [1.29, 1.82) is 0 Å². The van der Waals surface area contributed by atoms with Gasteiger partial charge in [0, 0.05) is 18.7 Å². The molecular formula is C19H18N4O4S. The molecule has 0 aliphatic heterocycles. The molecule has 1 aromatic heterocycles. The van der Waals surface area contributed by atoms with Crippen LogP contribution in [0.15, 0.2) is 59.9 Å². The second-order valence-electron chi connectivity index (χ2n) is 5.82. The molecule has 0 saturated carbocycles. The van der Waals surface area contributed by atoms with Crippen molar-refractivity contribution in [2.75, 3.05) is 18.2 Å². The molecule has 0 atom stereocenters. The molecule has 0 unspecified atom stereocenters. The number of nitrogens with one attached hydrogen (secondary N) is 1. The molecule has 1 heterocycles. The van der Waals surface area contributed by atoms with Crippen LogP contribution in [0.3, 0.4) is 0 Å². The molecule has 2 aromatic carbocycles. The zero-order chi connectivity index (χ0) is 20.1. The molecule has 0 aliphatic rings. The lowest BCUT2D eigenvalue weighted by molar-refractivity contribution is -0.383. The van der Waals surface area contributed by atoms with Crippen molar-refractivity contribution >= 4 is 29.0 Å². The number of methoxy groups -OCH3 is 1. The summed E-state index contributed by atoms with van der Waals surface area (Å²) in [7, 11) is 3.48. The summed E-state index contributed by atoms with van der Waals surface area (Å²) in [5, 5.41) is 14.3. The zero-order valence-electron chi connectivity index (χ0n) is 15.3. The Hall–Kier alpha value is -3.33. The molecule has 0 bridgehead atoms. The first-order valence-corrected chi connectivity index (χ1v) is 9.30. The molecule has 8 nitrogen and oxygen atoms in total. The number of nitrogens with zero attached hydrogens (tertiary/aromatic N) is 3. The van der Waals surface area contributed by atoms with Gasteiger partial charge in [0.05, 0.1) is 29.7 Å². The van der Waals surface area contributed by atoms with Gasteiger partial charge in [-0.1, -0.05) is 23.9 Å². The topological polar surface area (TPSA) is 99.3 Å². The molecule has 0 radical (unpaired) electrons. The predicted molar refractivity (Wildman–Crippen MR) is 108 cm³/mol. The van der Waals surface area contributed by atoms with E-state index in [4.69, 9.17) is 4.74 Å². The smallest absolute Gasteiger partial charge is 0.292 e. The normalized spacial score (nSPS) is 10.5. The number of ether oxygens (including phenoxy) is 1. The van der Waals surface area contributed by atoms with Crippen molar-refractivity contribution in [2.45, 2.75) is 5.16 Å². The van der Waals surface area contributed by atoms with Crippen LogP contribution in [0.2, 0.25) is 0 Å². The standard InChI is InChI=1S/C19H18N4O4S/c1-22-17(13-7-9-14(27-2)10-8-13)11-20-19(22)28-12-18(24)21-15-5-3-4-6-16(15)23(25)26/h3-11H,12H2,1-2H3,(H,21,24). The highest BCUT2D eigenvalue weighted by Crippen LogP contribution is 2.27. The fourth-order valence-corrected chi connectivity index (χ4v) is 3.36. The minimum absolute atomic E-state index is 0.0823. The van der Waals surface area contributed by atoms with E-state index in [0.29, 0.717) is 5.16 Å². The Balaban J connectivity index is 1.66. The average Bonchev–Trinajstić information content (AvgIpc) is 3.07. The van der Waals surface area contributed by atoms with E-state index in [0.717, 1.165) is 17.0 Å². The van der Waals surface area contributed by atoms with Crippen LogP contribution in [0, 0.1) is 10.1 Å². The molecule has 9 heteroatoms. The third-order valence-electron chi connectivity index (χ3n) is 4.04. The first-order chi connectivity index (χ1) is 13.5. The van der Waals surface area contributed by atoms with Crippen LogP contribution in [0.25, 0.3) is 11.3 Å². The van der Waals surface area contributed by atoms with Crippen LogP contribution < -0.4 is 10.1 Å². The van der Waals surface area contributed by atoms with Gasteiger partial charge in [-0.3, -0.25) is 14.9 Å². The second kappa shape index (κ2) is 8.57. The number of carbonyl (C=O) groups excluding carboxylic acids is 1. The van der Waals surface area contributed by atoms with Crippen LogP contribution in [0.4, 0.5) is 11.4 Å². The largest absolute Gasteiger partial charge is 0.497 e. The Kier molecular flexibility index (Phi) is 5.95. The van der Waals surface area contributed by atoms with E-state index in [1.807, 2.05) is 35.9 Å². The lowest BCUT2D eigenvalue weighted by atomic mass is 10.1. The number of rotatable bonds is 7. The quantitative estimate of drug-likeness (QED) is 0.370. The summed E-state index contributed by atoms with van der Waals surface area (Å²) < 4.78 is 7.06. The number of hydrogen-bond acceptors (Lipinski definition) is 6. The van der Waals surface area contributed by atoms with E-state index in [-0.39, 0.29) is 23.0 Å². The highest BCUT2D eigenvalue weighted by atomic mass is 32.2. The summed E-state index contributed by atoms with van der Waals surface area (Å²) in [6, 6.07) is 13.7. The maximum atomic E-state index is 12.2. The maximum absolute atomic E-state index is 12.2. The summed E-state index contributed by atoms with van der Waals surface area (Å²) in [6.45, 7) is 0. The van der Waals surface area contributed by atoms with Crippen LogP contribution in [-0.4, -0.2) is 33.2 Å². The predicted octanol–water partition coefficient (Wildman–Crippen LogP) is 3.73. The lowest BCUT2D eigenvalue weighted by Crippen LogP contribution is -2.15. The number of thioether (sulfide) groups is 1. The van der Waals surface area contributed by atoms with E-state index in [1.54, 1.807) is 25.4 Å². The van der Waals surface area contributed by atoms with Crippen molar-refractivity contribution in [3.8, 4) is 17.0 Å². The summed E-state index contributed by atoms with van der Waals surface area (Å²) >= 11 is 1.26. The molecule has 0 spiro atoms.